The number of H-pyrrole nitrogens is 1. The van der Waals surface area contributed by atoms with E-state index in [9.17, 15) is 17.6 Å². The number of likely N-dealkylation sites (tertiary alicyclic amines) is 1. The maximum atomic E-state index is 14.9. The fourth-order valence-corrected chi connectivity index (χ4v) is 7.17. The van der Waals surface area contributed by atoms with Crippen LogP contribution in [0.25, 0.3) is 22.6 Å². The van der Waals surface area contributed by atoms with Gasteiger partial charge < -0.3 is 23.8 Å². The predicted octanol–water partition coefficient (Wildman–Crippen LogP) is 7.15. The van der Waals surface area contributed by atoms with E-state index < -0.39 is 23.6 Å². The van der Waals surface area contributed by atoms with E-state index in [0.29, 0.717) is 47.4 Å². The SMILES string of the molecule is Cc1nc(-c2nnc(C(F)(F)F)[nH]2)cc2nc(CN3CCC(c4cccc5c4OC(C)(c4ccc(Cl)cc4F)O5)CC3)n(C[C@@H]3CCO3)c12. The highest BCUT2D eigenvalue weighted by Crippen LogP contribution is 2.50. The van der Waals surface area contributed by atoms with Gasteiger partial charge in [0.2, 0.25) is 5.82 Å². The van der Waals surface area contributed by atoms with E-state index in [2.05, 4.69) is 29.6 Å². The number of benzene rings is 2. The van der Waals surface area contributed by atoms with Crippen LogP contribution in [0.4, 0.5) is 17.6 Å². The number of hydrogen-bond donors (Lipinski definition) is 1. The number of ether oxygens (including phenoxy) is 3. The van der Waals surface area contributed by atoms with Gasteiger partial charge in [0.1, 0.15) is 17.3 Å². The number of aryl methyl sites for hydroxylation is 1. The molecule has 1 N–H and O–H groups in total. The minimum absolute atomic E-state index is 0.0546. The van der Waals surface area contributed by atoms with Crippen molar-refractivity contribution in [2.75, 3.05) is 19.7 Å². The Hall–Kier alpha value is -4.27. The number of pyridine rings is 1. The van der Waals surface area contributed by atoms with Crippen molar-refractivity contribution in [2.24, 2.45) is 0 Å². The van der Waals surface area contributed by atoms with Crippen LogP contribution in [-0.4, -0.2) is 60.4 Å². The largest absolute Gasteiger partial charge is 0.451 e. The summed E-state index contributed by atoms with van der Waals surface area (Å²) in [5.74, 6) is -0.827. The summed E-state index contributed by atoms with van der Waals surface area (Å²) in [7, 11) is 0. The fraction of sp³-hybridized carbons (Fsp3) is 0.412. The molecule has 2 saturated heterocycles. The minimum atomic E-state index is -4.64. The van der Waals surface area contributed by atoms with Gasteiger partial charge in [-0.25, -0.2) is 14.4 Å². The summed E-state index contributed by atoms with van der Waals surface area (Å²) >= 11 is 5.98. The van der Waals surface area contributed by atoms with Crippen LogP contribution in [0.1, 0.15) is 60.6 Å². The molecule has 0 saturated carbocycles. The zero-order valence-corrected chi connectivity index (χ0v) is 27.4. The average molecular weight is 698 g/mol. The monoisotopic (exact) mass is 697 g/mol. The van der Waals surface area contributed by atoms with Gasteiger partial charge in [-0.05, 0) is 75.5 Å². The number of aromatic nitrogens is 6. The topological polar surface area (TPSA) is 103 Å². The number of para-hydroxylation sites is 1. The molecule has 8 rings (SSSR count). The lowest BCUT2D eigenvalue weighted by Gasteiger charge is -2.33. The molecule has 5 aromatic rings. The molecule has 0 aliphatic carbocycles. The minimum Gasteiger partial charge on any atom is -0.444 e. The Balaban J connectivity index is 1.02. The first-order valence-electron chi connectivity index (χ1n) is 16.1. The van der Waals surface area contributed by atoms with E-state index in [1.807, 2.05) is 25.1 Å². The number of rotatable bonds is 7. The first kappa shape index (κ1) is 32.0. The smallest absolute Gasteiger partial charge is 0.444 e. The van der Waals surface area contributed by atoms with Crippen molar-refractivity contribution in [1.29, 1.82) is 0 Å². The van der Waals surface area contributed by atoms with Crippen LogP contribution in [0.2, 0.25) is 5.02 Å². The molecule has 0 amide bonds. The summed E-state index contributed by atoms with van der Waals surface area (Å²) in [4.78, 5) is 14.1. The van der Waals surface area contributed by atoms with E-state index >= 15 is 0 Å². The van der Waals surface area contributed by atoms with Crippen LogP contribution < -0.4 is 9.47 Å². The number of alkyl halides is 3. The molecule has 3 aromatic heterocycles. The second kappa shape index (κ2) is 12.0. The lowest BCUT2D eigenvalue weighted by Crippen LogP contribution is -2.35. The molecule has 15 heteroatoms. The lowest BCUT2D eigenvalue weighted by molar-refractivity contribution is -0.144. The third-order valence-electron chi connectivity index (χ3n) is 9.58. The maximum Gasteiger partial charge on any atom is 0.451 e. The van der Waals surface area contributed by atoms with E-state index in [4.69, 9.17) is 30.8 Å². The number of nitrogens with one attached hydrogen (secondary N) is 1. The Kier molecular flexibility index (Phi) is 7.80. The summed E-state index contributed by atoms with van der Waals surface area (Å²) in [5, 5.41) is 7.24. The number of fused-ring (bicyclic) bond motifs is 2. The lowest BCUT2D eigenvalue weighted by atomic mass is 9.88. The molecule has 0 radical (unpaired) electrons. The Morgan fingerprint density at radius 3 is 2.53 bits per heavy atom. The van der Waals surface area contributed by atoms with Gasteiger partial charge in [-0.2, -0.15) is 13.2 Å². The second-order valence-electron chi connectivity index (χ2n) is 12.9. The van der Waals surface area contributed by atoms with Crippen molar-refractivity contribution in [3.05, 3.63) is 81.8 Å². The van der Waals surface area contributed by atoms with Crippen LogP contribution in [0.3, 0.4) is 0 Å². The third-order valence-corrected chi connectivity index (χ3v) is 9.81. The van der Waals surface area contributed by atoms with Gasteiger partial charge in [0.25, 0.3) is 5.79 Å². The fourth-order valence-electron chi connectivity index (χ4n) is 7.01. The first-order chi connectivity index (χ1) is 23.4. The first-order valence-corrected chi connectivity index (χ1v) is 16.5. The molecular weight excluding hydrogens is 666 g/mol. The van der Waals surface area contributed by atoms with E-state index in [1.165, 1.54) is 6.07 Å². The number of nitrogens with zero attached hydrogens (tertiary/aromatic N) is 6. The highest BCUT2D eigenvalue weighted by Gasteiger charge is 2.43. The van der Waals surface area contributed by atoms with E-state index in [1.54, 1.807) is 25.1 Å². The van der Waals surface area contributed by atoms with Crippen molar-refractivity contribution in [3.63, 3.8) is 0 Å². The molecule has 3 aliphatic rings. The molecule has 3 aliphatic heterocycles. The predicted molar refractivity (Wildman–Crippen MR) is 171 cm³/mol. The van der Waals surface area contributed by atoms with Gasteiger partial charge in [-0.15, -0.1) is 10.2 Å². The van der Waals surface area contributed by atoms with Gasteiger partial charge in [-0.3, -0.25) is 4.90 Å². The molecule has 0 bridgehead atoms. The molecule has 1 unspecified atom stereocenters. The number of piperidine rings is 1. The molecule has 6 heterocycles. The van der Waals surface area contributed by atoms with Crippen LogP contribution in [0.15, 0.2) is 42.5 Å². The normalized spacial score (nSPS) is 21.4. The number of halogens is 5. The quantitative estimate of drug-likeness (QED) is 0.179. The molecule has 2 fully saturated rings. The third kappa shape index (κ3) is 5.89. The highest BCUT2D eigenvalue weighted by molar-refractivity contribution is 6.30. The van der Waals surface area contributed by atoms with Gasteiger partial charge in [-0.1, -0.05) is 23.7 Å². The van der Waals surface area contributed by atoms with Crippen molar-refractivity contribution < 1.29 is 31.8 Å². The summed E-state index contributed by atoms with van der Waals surface area (Å²) in [6, 6.07) is 11.9. The zero-order valence-electron chi connectivity index (χ0n) is 26.7. The molecule has 2 aromatic carbocycles. The summed E-state index contributed by atoms with van der Waals surface area (Å²) < 4.78 is 74.8. The van der Waals surface area contributed by atoms with Crippen LogP contribution >= 0.6 is 11.6 Å². The Bertz CT molecular complexity index is 2060. The van der Waals surface area contributed by atoms with Crippen LogP contribution in [-0.2, 0) is 29.8 Å². The summed E-state index contributed by atoms with van der Waals surface area (Å²) in [5.41, 5.74) is 3.60. The maximum absolute atomic E-state index is 14.9. The Labute approximate surface area is 283 Å². The summed E-state index contributed by atoms with van der Waals surface area (Å²) in [6.45, 7) is 7.00. The highest BCUT2D eigenvalue weighted by atomic mass is 35.5. The second-order valence-corrected chi connectivity index (χ2v) is 13.3. The van der Waals surface area contributed by atoms with Gasteiger partial charge >= 0.3 is 6.18 Å². The molecular formula is C34H32ClF4N7O3. The van der Waals surface area contributed by atoms with Crippen LogP contribution in [0, 0.1) is 12.7 Å². The average Bonchev–Trinajstić information content (AvgIpc) is 3.75. The number of hydrogen-bond acceptors (Lipinski definition) is 8. The molecule has 2 atom stereocenters. The van der Waals surface area contributed by atoms with Gasteiger partial charge in [0.05, 0.1) is 41.5 Å². The Morgan fingerprint density at radius 1 is 1.04 bits per heavy atom. The molecule has 49 heavy (non-hydrogen) atoms. The molecule has 10 nitrogen and oxygen atoms in total. The van der Waals surface area contributed by atoms with Crippen molar-refractivity contribution >= 4 is 22.6 Å². The molecule has 256 valence electrons. The van der Waals surface area contributed by atoms with Gasteiger partial charge in [0, 0.05) is 24.1 Å². The Morgan fingerprint density at radius 2 is 1.84 bits per heavy atom. The number of imidazole rings is 1. The van der Waals surface area contributed by atoms with Crippen molar-refractivity contribution in [3.8, 4) is 23.0 Å². The van der Waals surface area contributed by atoms with Crippen molar-refractivity contribution in [2.45, 2.75) is 70.2 Å². The summed E-state index contributed by atoms with van der Waals surface area (Å²) in [6.07, 6.45) is -1.94. The van der Waals surface area contributed by atoms with E-state index in [-0.39, 0.29) is 29.1 Å². The van der Waals surface area contributed by atoms with Gasteiger partial charge in [0.15, 0.2) is 17.3 Å². The van der Waals surface area contributed by atoms with E-state index in [0.717, 1.165) is 49.3 Å². The molecule has 0 spiro atoms. The van der Waals surface area contributed by atoms with Crippen molar-refractivity contribution in [1.82, 2.24) is 34.6 Å². The van der Waals surface area contributed by atoms with Crippen LogP contribution in [0.5, 0.6) is 11.5 Å². The zero-order chi connectivity index (χ0) is 34.1. The standard InChI is InChI=1S/C34H32ClF4N7O3/c1-18-29-25(15-26(40-18)31-42-32(44-43-31)34(37,38)39)41-28(46(29)16-21-10-13-47-21)17-45-11-8-19(9-12-45)22-4-3-5-27-30(22)49-33(2,48-27)23-7-6-20(35)14-24(23)36/h3-7,14-15,19,21H,8-13,16-17H2,1-2H3,(H,42,43,44)/t21-,33?/m0/s1. The number of aromatic amines is 1.